The van der Waals surface area contributed by atoms with Crippen LogP contribution in [0.3, 0.4) is 0 Å². The lowest BCUT2D eigenvalue weighted by Gasteiger charge is -2.22. The first kappa shape index (κ1) is 19.9. The zero-order valence-corrected chi connectivity index (χ0v) is 16.8. The van der Waals surface area contributed by atoms with E-state index in [1.165, 1.54) is 5.56 Å². The van der Waals surface area contributed by atoms with Crippen molar-refractivity contribution in [3.05, 3.63) is 47.7 Å². The first-order chi connectivity index (χ1) is 13.3. The van der Waals surface area contributed by atoms with Crippen LogP contribution in [0.2, 0.25) is 0 Å². The molecule has 3 rings (SSSR count). The van der Waals surface area contributed by atoms with E-state index in [2.05, 4.69) is 32.3 Å². The van der Waals surface area contributed by atoms with Gasteiger partial charge in [0.25, 0.3) is 0 Å². The SMILES string of the molecule is CC(C)(C)OC(=O)NC1CCN(c2cc(CCc3ccccc3)nc(N)n2)C1. The van der Waals surface area contributed by atoms with E-state index >= 15 is 0 Å². The molecule has 7 heteroatoms. The maximum Gasteiger partial charge on any atom is 0.407 e. The molecule has 1 fully saturated rings. The molecule has 7 nitrogen and oxygen atoms in total. The minimum atomic E-state index is -0.503. The molecule has 2 aromatic rings. The first-order valence-electron chi connectivity index (χ1n) is 9.70. The lowest BCUT2D eigenvalue weighted by Crippen LogP contribution is -2.40. The number of aryl methyl sites for hydroxylation is 2. The lowest BCUT2D eigenvalue weighted by atomic mass is 10.1. The Balaban J connectivity index is 1.59. The molecule has 1 aliphatic rings. The largest absolute Gasteiger partial charge is 0.444 e. The molecule has 2 heterocycles. The number of aromatic nitrogens is 2. The second kappa shape index (κ2) is 8.46. The molecule has 0 bridgehead atoms. The Morgan fingerprint density at radius 1 is 1.25 bits per heavy atom. The number of alkyl carbamates (subject to hydrolysis) is 1. The highest BCUT2D eigenvalue weighted by molar-refractivity contribution is 5.68. The van der Waals surface area contributed by atoms with Crippen LogP contribution in [0.25, 0.3) is 0 Å². The fourth-order valence-corrected chi connectivity index (χ4v) is 3.27. The molecule has 0 spiro atoms. The van der Waals surface area contributed by atoms with Crippen LogP contribution in [0.5, 0.6) is 0 Å². The van der Waals surface area contributed by atoms with Gasteiger partial charge in [-0.15, -0.1) is 0 Å². The quantitative estimate of drug-likeness (QED) is 0.824. The molecule has 1 aromatic carbocycles. The normalized spacial score (nSPS) is 16.8. The molecule has 1 aliphatic heterocycles. The predicted octanol–water partition coefficient (Wildman–Crippen LogP) is 2.95. The van der Waals surface area contributed by atoms with Crippen LogP contribution in [-0.4, -0.2) is 40.8 Å². The third-order valence-electron chi connectivity index (χ3n) is 4.53. The summed E-state index contributed by atoms with van der Waals surface area (Å²) in [5.74, 6) is 1.09. The molecule has 28 heavy (non-hydrogen) atoms. The van der Waals surface area contributed by atoms with Crippen molar-refractivity contribution in [1.82, 2.24) is 15.3 Å². The van der Waals surface area contributed by atoms with Crippen molar-refractivity contribution in [3.8, 4) is 0 Å². The van der Waals surface area contributed by atoms with Gasteiger partial charge in [-0.3, -0.25) is 0 Å². The summed E-state index contributed by atoms with van der Waals surface area (Å²) >= 11 is 0. The van der Waals surface area contributed by atoms with Crippen LogP contribution in [0.1, 0.15) is 38.4 Å². The number of carbonyl (C=O) groups is 1. The van der Waals surface area contributed by atoms with Crippen molar-refractivity contribution in [1.29, 1.82) is 0 Å². The van der Waals surface area contributed by atoms with Crippen molar-refractivity contribution >= 4 is 17.9 Å². The summed E-state index contributed by atoms with van der Waals surface area (Å²) in [6.07, 6.45) is 2.16. The van der Waals surface area contributed by atoms with Gasteiger partial charge in [-0.25, -0.2) is 9.78 Å². The smallest absolute Gasteiger partial charge is 0.407 e. The number of rotatable bonds is 5. The summed E-state index contributed by atoms with van der Waals surface area (Å²) < 4.78 is 5.34. The zero-order chi connectivity index (χ0) is 20.1. The maximum absolute atomic E-state index is 12.0. The van der Waals surface area contributed by atoms with E-state index in [4.69, 9.17) is 10.5 Å². The molecule has 1 amide bonds. The average Bonchev–Trinajstić information content (AvgIpc) is 3.07. The van der Waals surface area contributed by atoms with E-state index in [1.807, 2.05) is 45.0 Å². The molecule has 1 atom stereocenters. The van der Waals surface area contributed by atoms with Crippen molar-refractivity contribution in [3.63, 3.8) is 0 Å². The monoisotopic (exact) mass is 383 g/mol. The van der Waals surface area contributed by atoms with E-state index < -0.39 is 5.60 Å². The van der Waals surface area contributed by atoms with Crippen LogP contribution < -0.4 is 16.0 Å². The second-order valence-corrected chi connectivity index (χ2v) is 8.14. The van der Waals surface area contributed by atoms with Crippen LogP contribution in [0.15, 0.2) is 36.4 Å². The van der Waals surface area contributed by atoms with Gasteiger partial charge >= 0.3 is 6.09 Å². The van der Waals surface area contributed by atoms with Gasteiger partial charge in [-0.2, -0.15) is 4.98 Å². The van der Waals surface area contributed by atoms with E-state index in [0.717, 1.165) is 37.3 Å². The summed E-state index contributed by atoms with van der Waals surface area (Å²) in [5.41, 5.74) is 7.63. The van der Waals surface area contributed by atoms with Gasteiger partial charge in [0.05, 0.1) is 6.04 Å². The van der Waals surface area contributed by atoms with Gasteiger partial charge in [0.15, 0.2) is 0 Å². The first-order valence-corrected chi connectivity index (χ1v) is 9.70. The van der Waals surface area contributed by atoms with Crippen molar-refractivity contribution < 1.29 is 9.53 Å². The number of ether oxygens (including phenoxy) is 1. The number of nitrogens with one attached hydrogen (secondary N) is 1. The van der Waals surface area contributed by atoms with Gasteiger partial charge < -0.3 is 20.7 Å². The lowest BCUT2D eigenvalue weighted by molar-refractivity contribution is 0.0509. The molecule has 1 saturated heterocycles. The van der Waals surface area contributed by atoms with Crippen LogP contribution in [0.4, 0.5) is 16.6 Å². The van der Waals surface area contributed by atoms with Gasteiger partial charge in [0.2, 0.25) is 5.95 Å². The number of anilines is 2. The maximum atomic E-state index is 12.0. The Morgan fingerprint density at radius 3 is 2.71 bits per heavy atom. The molecule has 150 valence electrons. The van der Waals surface area contributed by atoms with Crippen molar-refractivity contribution in [2.45, 2.75) is 51.7 Å². The van der Waals surface area contributed by atoms with Gasteiger partial charge in [0, 0.05) is 24.8 Å². The number of hydrogen-bond donors (Lipinski definition) is 2. The number of benzene rings is 1. The Bertz CT molecular complexity index is 804. The Morgan fingerprint density at radius 2 is 2.00 bits per heavy atom. The second-order valence-electron chi connectivity index (χ2n) is 8.14. The van der Waals surface area contributed by atoms with E-state index in [-0.39, 0.29) is 18.1 Å². The summed E-state index contributed by atoms with van der Waals surface area (Å²) in [6.45, 7) is 7.04. The number of carbonyl (C=O) groups excluding carboxylic acids is 1. The zero-order valence-electron chi connectivity index (χ0n) is 16.8. The number of nitrogens with zero attached hydrogens (tertiary/aromatic N) is 3. The molecule has 0 aliphatic carbocycles. The average molecular weight is 383 g/mol. The highest BCUT2D eigenvalue weighted by Gasteiger charge is 2.27. The van der Waals surface area contributed by atoms with Crippen LogP contribution >= 0.6 is 0 Å². The minimum Gasteiger partial charge on any atom is -0.444 e. The Labute approximate surface area is 166 Å². The topological polar surface area (TPSA) is 93.4 Å². The van der Waals surface area contributed by atoms with Crippen LogP contribution in [0, 0.1) is 0 Å². The molecule has 3 N–H and O–H groups in total. The van der Waals surface area contributed by atoms with Gasteiger partial charge in [0.1, 0.15) is 11.4 Å². The highest BCUT2D eigenvalue weighted by Crippen LogP contribution is 2.21. The third kappa shape index (κ3) is 5.84. The molecular formula is C21H29N5O2. The summed E-state index contributed by atoms with van der Waals surface area (Å²) in [4.78, 5) is 22.9. The fourth-order valence-electron chi connectivity index (χ4n) is 3.27. The minimum absolute atomic E-state index is 0.0267. The van der Waals surface area contributed by atoms with Gasteiger partial charge in [-0.05, 0) is 45.6 Å². The highest BCUT2D eigenvalue weighted by atomic mass is 16.6. The number of nitrogens with two attached hydrogens (primary N) is 1. The molecule has 0 radical (unpaired) electrons. The molecule has 1 unspecified atom stereocenters. The Kier molecular flexibility index (Phi) is 6.02. The van der Waals surface area contributed by atoms with E-state index in [9.17, 15) is 4.79 Å². The number of nitrogen functional groups attached to an aromatic ring is 1. The summed E-state index contributed by atoms with van der Waals surface area (Å²) in [5, 5.41) is 2.93. The molecular weight excluding hydrogens is 354 g/mol. The van der Waals surface area contributed by atoms with Crippen LogP contribution in [-0.2, 0) is 17.6 Å². The molecule has 0 saturated carbocycles. The predicted molar refractivity (Wildman–Crippen MR) is 110 cm³/mol. The fraction of sp³-hybridized carbons (Fsp3) is 0.476. The van der Waals surface area contributed by atoms with Gasteiger partial charge in [-0.1, -0.05) is 30.3 Å². The summed E-state index contributed by atoms with van der Waals surface area (Å²) in [6, 6.07) is 12.3. The number of amides is 1. The van der Waals surface area contributed by atoms with Crippen molar-refractivity contribution in [2.75, 3.05) is 23.7 Å². The summed E-state index contributed by atoms with van der Waals surface area (Å²) in [7, 11) is 0. The van der Waals surface area contributed by atoms with E-state index in [0.29, 0.717) is 6.54 Å². The number of hydrogen-bond acceptors (Lipinski definition) is 6. The van der Waals surface area contributed by atoms with Crippen molar-refractivity contribution in [2.24, 2.45) is 0 Å². The third-order valence-corrected chi connectivity index (χ3v) is 4.53. The molecule has 1 aromatic heterocycles. The Hall–Kier alpha value is -2.83. The standard InChI is InChI=1S/C21H29N5O2/c1-21(2,3)28-20(27)24-17-11-12-26(14-17)18-13-16(23-19(22)25-18)10-9-15-7-5-4-6-8-15/h4-8,13,17H,9-12,14H2,1-3H3,(H,24,27)(H2,22,23,25). The van der Waals surface area contributed by atoms with E-state index in [1.54, 1.807) is 0 Å².